The zero-order chi connectivity index (χ0) is 17.9. The highest BCUT2D eigenvalue weighted by Crippen LogP contribution is 2.54. The molecule has 5 heteroatoms. The van der Waals surface area contributed by atoms with Gasteiger partial charge in [-0.1, -0.05) is 43.3 Å². The van der Waals surface area contributed by atoms with E-state index < -0.39 is 17.0 Å². The van der Waals surface area contributed by atoms with Crippen molar-refractivity contribution in [2.75, 3.05) is 13.1 Å². The third-order valence-corrected chi connectivity index (χ3v) is 5.03. The summed E-state index contributed by atoms with van der Waals surface area (Å²) in [6, 6.07) is 13.3. The molecule has 2 aromatic carbocycles. The van der Waals surface area contributed by atoms with Gasteiger partial charge < -0.3 is 10.6 Å². The SMILES string of the molecule is CC1CC1(CNC(=O)NCCc1ccccc1)c1ccc(F)cc1F. The summed E-state index contributed by atoms with van der Waals surface area (Å²) in [7, 11) is 0. The Morgan fingerprint density at radius 2 is 1.88 bits per heavy atom. The largest absolute Gasteiger partial charge is 0.338 e. The van der Waals surface area contributed by atoms with Crippen molar-refractivity contribution in [2.24, 2.45) is 5.92 Å². The van der Waals surface area contributed by atoms with Gasteiger partial charge >= 0.3 is 6.03 Å². The lowest BCUT2D eigenvalue weighted by atomic mass is 9.93. The van der Waals surface area contributed by atoms with Crippen molar-refractivity contribution in [3.05, 3.63) is 71.3 Å². The third kappa shape index (κ3) is 3.98. The zero-order valence-corrected chi connectivity index (χ0v) is 14.2. The van der Waals surface area contributed by atoms with Crippen molar-refractivity contribution in [3.63, 3.8) is 0 Å². The molecule has 1 fully saturated rings. The van der Waals surface area contributed by atoms with E-state index in [1.807, 2.05) is 37.3 Å². The topological polar surface area (TPSA) is 41.1 Å². The minimum atomic E-state index is -0.587. The number of carbonyl (C=O) groups is 1. The molecule has 132 valence electrons. The summed E-state index contributed by atoms with van der Waals surface area (Å²) in [6.07, 6.45) is 1.53. The van der Waals surface area contributed by atoms with Gasteiger partial charge in [-0.2, -0.15) is 0 Å². The second-order valence-corrected chi connectivity index (χ2v) is 6.73. The van der Waals surface area contributed by atoms with Crippen molar-refractivity contribution in [1.29, 1.82) is 0 Å². The summed E-state index contributed by atoms with van der Waals surface area (Å²) < 4.78 is 27.2. The smallest absolute Gasteiger partial charge is 0.314 e. The Kier molecular flexibility index (Phi) is 5.02. The molecule has 3 nitrogen and oxygen atoms in total. The molecule has 2 amide bonds. The Hall–Kier alpha value is -2.43. The molecule has 2 aromatic rings. The van der Waals surface area contributed by atoms with E-state index >= 15 is 0 Å². The Morgan fingerprint density at radius 3 is 2.52 bits per heavy atom. The number of hydrogen-bond acceptors (Lipinski definition) is 1. The summed E-state index contributed by atoms with van der Waals surface area (Å²) in [4.78, 5) is 12.0. The Morgan fingerprint density at radius 1 is 1.16 bits per heavy atom. The fourth-order valence-electron chi connectivity index (χ4n) is 3.36. The molecule has 1 aliphatic rings. The fraction of sp³-hybridized carbons (Fsp3) is 0.350. The predicted molar refractivity (Wildman–Crippen MR) is 93.4 cm³/mol. The molecule has 2 N–H and O–H groups in total. The van der Waals surface area contributed by atoms with Crippen molar-refractivity contribution in [2.45, 2.75) is 25.2 Å². The van der Waals surface area contributed by atoms with E-state index in [1.165, 1.54) is 12.1 Å². The first kappa shape index (κ1) is 17.4. The quantitative estimate of drug-likeness (QED) is 0.823. The lowest BCUT2D eigenvalue weighted by molar-refractivity contribution is 0.239. The van der Waals surface area contributed by atoms with Gasteiger partial charge in [0.05, 0.1) is 0 Å². The van der Waals surface area contributed by atoms with E-state index in [4.69, 9.17) is 0 Å². The molecule has 0 spiro atoms. The molecular weight excluding hydrogens is 322 g/mol. The van der Waals surface area contributed by atoms with E-state index in [2.05, 4.69) is 10.6 Å². The molecule has 0 heterocycles. The van der Waals surface area contributed by atoms with Crippen LogP contribution in [0, 0.1) is 17.6 Å². The summed E-state index contributed by atoms with van der Waals surface area (Å²) in [6.45, 7) is 2.88. The van der Waals surface area contributed by atoms with Crippen LogP contribution in [0.5, 0.6) is 0 Å². The summed E-state index contributed by atoms with van der Waals surface area (Å²) in [5.41, 5.74) is 1.20. The number of carbonyl (C=O) groups excluding carboxylic acids is 1. The van der Waals surface area contributed by atoms with E-state index in [1.54, 1.807) is 0 Å². The van der Waals surface area contributed by atoms with Gasteiger partial charge in [-0.3, -0.25) is 0 Å². The Labute approximate surface area is 146 Å². The van der Waals surface area contributed by atoms with Crippen LogP contribution in [0.1, 0.15) is 24.5 Å². The van der Waals surface area contributed by atoms with Gasteiger partial charge in [0, 0.05) is 24.6 Å². The highest BCUT2D eigenvalue weighted by atomic mass is 19.1. The molecule has 0 saturated heterocycles. The van der Waals surface area contributed by atoms with Gasteiger partial charge in [0.15, 0.2) is 0 Å². The zero-order valence-electron chi connectivity index (χ0n) is 14.2. The van der Waals surface area contributed by atoms with Gasteiger partial charge in [0.2, 0.25) is 0 Å². The molecule has 1 aliphatic carbocycles. The van der Waals surface area contributed by atoms with Gasteiger partial charge in [-0.05, 0) is 36.0 Å². The van der Waals surface area contributed by atoms with Gasteiger partial charge in [-0.25, -0.2) is 13.6 Å². The lowest BCUT2D eigenvalue weighted by Crippen LogP contribution is -2.41. The monoisotopic (exact) mass is 344 g/mol. The first-order valence-electron chi connectivity index (χ1n) is 8.52. The van der Waals surface area contributed by atoms with E-state index in [9.17, 15) is 13.6 Å². The fourth-order valence-corrected chi connectivity index (χ4v) is 3.36. The molecule has 0 aliphatic heterocycles. The van der Waals surface area contributed by atoms with Crippen LogP contribution < -0.4 is 10.6 Å². The normalized spacial score (nSPS) is 21.6. The van der Waals surface area contributed by atoms with E-state index in [0.717, 1.165) is 24.5 Å². The van der Waals surface area contributed by atoms with Crippen LogP contribution in [0.25, 0.3) is 0 Å². The first-order valence-corrected chi connectivity index (χ1v) is 8.52. The number of benzene rings is 2. The minimum absolute atomic E-state index is 0.247. The molecule has 0 radical (unpaired) electrons. The van der Waals surface area contributed by atoms with Crippen LogP contribution >= 0.6 is 0 Å². The second-order valence-electron chi connectivity index (χ2n) is 6.73. The van der Waals surface area contributed by atoms with Crippen molar-refractivity contribution in [3.8, 4) is 0 Å². The Bertz CT molecular complexity index is 751. The number of urea groups is 1. The maximum absolute atomic E-state index is 14.1. The second kappa shape index (κ2) is 7.21. The van der Waals surface area contributed by atoms with Crippen LogP contribution in [0.15, 0.2) is 48.5 Å². The van der Waals surface area contributed by atoms with Crippen LogP contribution in [-0.4, -0.2) is 19.1 Å². The maximum Gasteiger partial charge on any atom is 0.314 e. The van der Waals surface area contributed by atoms with Crippen molar-refractivity contribution in [1.82, 2.24) is 10.6 Å². The number of nitrogens with one attached hydrogen (secondary N) is 2. The van der Waals surface area contributed by atoms with Crippen molar-refractivity contribution >= 4 is 6.03 Å². The predicted octanol–water partition coefficient (Wildman–Crippen LogP) is 3.78. The van der Waals surface area contributed by atoms with Gasteiger partial charge in [0.25, 0.3) is 0 Å². The molecular formula is C20H22F2N2O. The summed E-state index contributed by atoms with van der Waals surface area (Å²) >= 11 is 0. The van der Waals surface area contributed by atoms with Crippen LogP contribution in [0.2, 0.25) is 0 Å². The minimum Gasteiger partial charge on any atom is -0.338 e. The average molecular weight is 344 g/mol. The van der Waals surface area contributed by atoms with Crippen molar-refractivity contribution < 1.29 is 13.6 Å². The van der Waals surface area contributed by atoms with E-state index in [-0.39, 0.29) is 11.9 Å². The lowest BCUT2D eigenvalue weighted by Gasteiger charge is -2.19. The molecule has 2 unspecified atom stereocenters. The van der Waals surface area contributed by atoms with Gasteiger partial charge in [0.1, 0.15) is 11.6 Å². The number of halogens is 2. The summed E-state index contributed by atoms with van der Waals surface area (Å²) in [5, 5.41) is 5.65. The molecule has 25 heavy (non-hydrogen) atoms. The number of hydrogen-bond donors (Lipinski definition) is 2. The standard InChI is InChI=1S/C20H22F2N2O/c1-14-12-20(14,17-8-7-16(21)11-18(17)22)13-24-19(25)23-10-9-15-5-3-2-4-6-15/h2-8,11,14H,9-10,12-13H2,1H3,(H2,23,24,25). The van der Waals surface area contributed by atoms with E-state index in [0.29, 0.717) is 18.7 Å². The molecule has 2 atom stereocenters. The highest BCUT2D eigenvalue weighted by molar-refractivity contribution is 5.74. The molecule has 3 rings (SSSR count). The average Bonchev–Trinajstić information content (AvgIpc) is 3.25. The Balaban J connectivity index is 1.52. The third-order valence-electron chi connectivity index (χ3n) is 5.03. The molecule has 0 bridgehead atoms. The maximum atomic E-state index is 14.1. The van der Waals surface area contributed by atoms with Crippen LogP contribution in [-0.2, 0) is 11.8 Å². The molecule has 0 aromatic heterocycles. The number of rotatable bonds is 6. The first-order chi connectivity index (χ1) is 12.0. The highest BCUT2D eigenvalue weighted by Gasteiger charge is 2.53. The molecule has 1 saturated carbocycles. The van der Waals surface area contributed by atoms with Crippen LogP contribution in [0.3, 0.4) is 0 Å². The summed E-state index contributed by atoms with van der Waals surface area (Å²) in [5.74, 6) is -0.885. The van der Waals surface area contributed by atoms with Crippen LogP contribution in [0.4, 0.5) is 13.6 Å². The number of amides is 2. The van der Waals surface area contributed by atoms with Gasteiger partial charge in [-0.15, -0.1) is 0 Å².